The number of primary amides is 1. The molecular formula is C16H17N7O. The predicted octanol–water partition coefficient (Wildman–Crippen LogP) is 0.778. The molecule has 0 atom stereocenters. The van der Waals surface area contributed by atoms with E-state index in [1.54, 1.807) is 24.7 Å². The van der Waals surface area contributed by atoms with Gasteiger partial charge in [0.1, 0.15) is 23.6 Å². The van der Waals surface area contributed by atoms with Gasteiger partial charge in [-0.3, -0.25) is 4.79 Å². The van der Waals surface area contributed by atoms with Gasteiger partial charge in [0, 0.05) is 38.6 Å². The lowest BCUT2D eigenvalue weighted by Crippen LogP contribution is -2.47. The SMILES string of the molecule is NC(=O)c1cccnc1N1CCN(c2ncnc3[nH]ccc23)CC1. The van der Waals surface area contributed by atoms with Crippen molar-refractivity contribution in [2.24, 2.45) is 5.73 Å². The fourth-order valence-electron chi connectivity index (χ4n) is 3.08. The molecule has 4 rings (SSSR count). The zero-order chi connectivity index (χ0) is 16.5. The average molecular weight is 323 g/mol. The third-order valence-electron chi connectivity index (χ3n) is 4.26. The Labute approximate surface area is 138 Å². The third kappa shape index (κ3) is 2.41. The van der Waals surface area contributed by atoms with Gasteiger partial charge in [-0.05, 0) is 18.2 Å². The number of anilines is 2. The number of nitrogens with one attached hydrogen (secondary N) is 1. The van der Waals surface area contributed by atoms with E-state index in [0.29, 0.717) is 11.4 Å². The highest BCUT2D eigenvalue weighted by atomic mass is 16.1. The second-order valence-corrected chi connectivity index (χ2v) is 5.65. The molecule has 1 amide bonds. The summed E-state index contributed by atoms with van der Waals surface area (Å²) in [6, 6.07) is 5.43. The first-order chi connectivity index (χ1) is 11.7. The summed E-state index contributed by atoms with van der Waals surface area (Å²) in [7, 11) is 0. The maximum absolute atomic E-state index is 11.6. The zero-order valence-corrected chi connectivity index (χ0v) is 13.0. The predicted molar refractivity (Wildman–Crippen MR) is 91.1 cm³/mol. The summed E-state index contributed by atoms with van der Waals surface area (Å²) in [5.74, 6) is 1.13. The minimum absolute atomic E-state index is 0.453. The number of nitrogens with zero attached hydrogens (tertiary/aromatic N) is 5. The van der Waals surface area contributed by atoms with Crippen molar-refractivity contribution in [3.63, 3.8) is 0 Å². The number of amides is 1. The molecule has 0 aromatic carbocycles. The number of aromatic amines is 1. The van der Waals surface area contributed by atoms with Gasteiger partial charge in [-0.2, -0.15) is 0 Å². The molecule has 0 bridgehead atoms. The van der Waals surface area contributed by atoms with E-state index < -0.39 is 5.91 Å². The van der Waals surface area contributed by atoms with Gasteiger partial charge in [-0.1, -0.05) is 0 Å². The number of fused-ring (bicyclic) bond motifs is 1. The summed E-state index contributed by atoms with van der Waals surface area (Å²) in [5, 5.41) is 1.02. The highest BCUT2D eigenvalue weighted by Gasteiger charge is 2.23. The van der Waals surface area contributed by atoms with Crippen LogP contribution in [0, 0.1) is 0 Å². The van der Waals surface area contributed by atoms with Crippen LogP contribution in [0.1, 0.15) is 10.4 Å². The van der Waals surface area contributed by atoms with Crippen molar-refractivity contribution >= 4 is 28.6 Å². The van der Waals surface area contributed by atoms with E-state index in [-0.39, 0.29) is 0 Å². The van der Waals surface area contributed by atoms with Crippen LogP contribution in [0.5, 0.6) is 0 Å². The zero-order valence-electron chi connectivity index (χ0n) is 13.0. The molecule has 0 unspecified atom stereocenters. The number of carbonyl (C=O) groups is 1. The first-order valence-corrected chi connectivity index (χ1v) is 7.77. The Morgan fingerprint density at radius 3 is 2.54 bits per heavy atom. The van der Waals surface area contributed by atoms with E-state index in [4.69, 9.17) is 5.73 Å². The number of nitrogens with two attached hydrogens (primary N) is 1. The lowest BCUT2D eigenvalue weighted by atomic mass is 10.2. The molecule has 0 aliphatic carbocycles. The summed E-state index contributed by atoms with van der Waals surface area (Å²) < 4.78 is 0. The van der Waals surface area contributed by atoms with Crippen molar-refractivity contribution in [2.45, 2.75) is 0 Å². The number of pyridine rings is 1. The van der Waals surface area contributed by atoms with Gasteiger partial charge >= 0.3 is 0 Å². The quantitative estimate of drug-likeness (QED) is 0.738. The number of aromatic nitrogens is 4. The van der Waals surface area contributed by atoms with E-state index in [1.807, 2.05) is 12.3 Å². The number of carbonyl (C=O) groups excluding carboxylic acids is 1. The maximum Gasteiger partial charge on any atom is 0.252 e. The Bertz CT molecular complexity index is 883. The first-order valence-electron chi connectivity index (χ1n) is 7.77. The standard InChI is InChI=1S/C16H17N7O/c17-13(24)11-2-1-4-19-15(11)22-6-8-23(9-7-22)16-12-3-5-18-14(12)20-10-21-16/h1-5,10H,6-9H2,(H2,17,24)(H,18,20,21). The highest BCUT2D eigenvalue weighted by molar-refractivity contribution is 5.97. The Morgan fingerprint density at radius 2 is 1.79 bits per heavy atom. The van der Waals surface area contributed by atoms with E-state index in [1.165, 1.54) is 0 Å². The highest BCUT2D eigenvalue weighted by Crippen LogP contribution is 2.25. The van der Waals surface area contributed by atoms with Crippen LogP contribution in [-0.4, -0.2) is 52.0 Å². The lowest BCUT2D eigenvalue weighted by Gasteiger charge is -2.36. The van der Waals surface area contributed by atoms with Gasteiger partial charge < -0.3 is 20.5 Å². The molecule has 1 aliphatic rings. The smallest absolute Gasteiger partial charge is 0.252 e. The molecule has 1 aliphatic heterocycles. The summed E-state index contributed by atoms with van der Waals surface area (Å²) in [4.78, 5) is 32.0. The van der Waals surface area contributed by atoms with E-state index in [2.05, 4.69) is 29.7 Å². The number of piperazine rings is 1. The van der Waals surface area contributed by atoms with Crippen LogP contribution in [-0.2, 0) is 0 Å². The molecule has 3 N–H and O–H groups in total. The number of hydrogen-bond acceptors (Lipinski definition) is 6. The molecule has 0 spiro atoms. The van der Waals surface area contributed by atoms with Crippen molar-refractivity contribution in [2.75, 3.05) is 36.0 Å². The first kappa shape index (κ1) is 14.4. The molecular weight excluding hydrogens is 306 g/mol. The average Bonchev–Trinajstić information content (AvgIpc) is 3.10. The maximum atomic E-state index is 11.6. The van der Waals surface area contributed by atoms with Gasteiger partial charge in [-0.15, -0.1) is 0 Å². The number of rotatable bonds is 3. The van der Waals surface area contributed by atoms with E-state index in [0.717, 1.165) is 43.0 Å². The second-order valence-electron chi connectivity index (χ2n) is 5.65. The summed E-state index contributed by atoms with van der Waals surface area (Å²) in [6.45, 7) is 3.05. The van der Waals surface area contributed by atoms with Gasteiger partial charge in [0.05, 0.1) is 10.9 Å². The monoisotopic (exact) mass is 323 g/mol. The van der Waals surface area contributed by atoms with Crippen molar-refractivity contribution < 1.29 is 4.79 Å². The van der Waals surface area contributed by atoms with Gasteiger partial charge in [0.25, 0.3) is 5.91 Å². The summed E-state index contributed by atoms with van der Waals surface area (Å²) in [6.07, 6.45) is 5.12. The fourth-order valence-corrected chi connectivity index (χ4v) is 3.08. The molecule has 122 valence electrons. The van der Waals surface area contributed by atoms with Crippen molar-refractivity contribution in [1.82, 2.24) is 19.9 Å². The second kappa shape index (κ2) is 5.80. The van der Waals surface area contributed by atoms with Crippen LogP contribution >= 0.6 is 0 Å². The summed E-state index contributed by atoms with van der Waals surface area (Å²) in [5.41, 5.74) is 6.75. The van der Waals surface area contributed by atoms with Crippen LogP contribution in [0.15, 0.2) is 36.9 Å². The van der Waals surface area contributed by atoms with Crippen LogP contribution < -0.4 is 15.5 Å². The minimum Gasteiger partial charge on any atom is -0.365 e. The van der Waals surface area contributed by atoms with Crippen LogP contribution in [0.25, 0.3) is 11.0 Å². The van der Waals surface area contributed by atoms with Crippen LogP contribution in [0.3, 0.4) is 0 Å². The molecule has 4 heterocycles. The van der Waals surface area contributed by atoms with Crippen LogP contribution in [0.2, 0.25) is 0 Å². The minimum atomic E-state index is -0.453. The van der Waals surface area contributed by atoms with Crippen molar-refractivity contribution in [1.29, 1.82) is 0 Å². The lowest BCUT2D eigenvalue weighted by molar-refractivity contribution is 0.100. The van der Waals surface area contributed by atoms with Gasteiger partial charge in [0.15, 0.2) is 0 Å². The molecule has 8 nitrogen and oxygen atoms in total. The van der Waals surface area contributed by atoms with E-state index >= 15 is 0 Å². The topological polar surface area (TPSA) is 104 Å². The Kier molecular flexibility index (Phi) is 3.49. The molecule has 24 heavy (non-hydrogen) atoms. The number of H-pyrrole nitrogens is 1. The Morgan fingerprint density at radius 1 is 1.04 bits per heavy atom. The fraction of sp³-hybridized carbons (Fsp3) is 0.250. The molecule has 3 aromatic rings. The van der Waals surface area contributed by atoms with Crippen LogP contribution in [0.4, 0.5) is 11.6 Å². The van der Waals surface area contributed by atoms with Crippen molar-refractivity contribution in [3.05, 3.63) is 42.5 Å². The third-order valence-corrected chi connectivity index (χ3v) is 4.26. The molecule has 1 fully saturated rings. The molecule has 8 heteroatoms. The Balaban J connectivity index is 1.55. The normalized spacial score (nSPS) is 15.0. The molecule has 3 aromatic heterocycles. The Hall–Kier alpha value is -3.16. The van der Waals surface area contributed by atoms with Gasteiger partial charge in [-0.25, -0.2) is 15.0 Å². The molecule has 0 saturated carbocycles. The number of hydrogen-bond donors (Lipinski definition) is 2. The largest absolute Gasteiger partial charge is 0.365 e. The van der Waals surface area contributed by atoms with E-state index in [9.17, 15) is 4.79 Å². The summed E-state index contributed by atoms with van der Waals surface area (Å²) >= 11 is 0. The molecule has 0 radical (unpaired) electrons. The van der Waals surface area contributed by atoms with Crippen molar-refractivity contribution in [3.8, 4) is 0 Å². The molecule has 1 saturated heterocycles. The van der Waals surface area contributed by atoms with Gasteiger partial charge in [0.2, 0.25) is 0 Å².